The smallest absolute Gasteiger partial charge is 0.339 e. The Morgan fingerprint density at radius 3 is 2.32 bits per heavy atom. The lowest BCUT2D eigenvalue weighted by molar-refractivity contribution is 0.0697. The minimum absolute atomic E-state index is 0.0983. The van der Waals surface area contributed by atoms with Crippen molar-refractivity contribution in [2.45, 2.75) is 31.6 Å². The fraction of sp³-hybridized carbons (Fsp3) is 0.333. The number of hydrogen-bond acceptors (Lipinski definition) is 5. The highest BCUT2D eigenvalue weighted by Crippen LogP contribution is 2.24. The number of carboxylic acid groups (broad SMARTS) is 1. The van der Waals surface area contributed by atoms with Crippen LogP contribution in [0.5, 0.6) is 0 Å². The maximum Gasteiger partial charge on any atom is 0.339 e. The Hall–Kier alpha value is -2.75. The van der Waals surface area contributed by atoms with E-state index in [2.05, 4.69) is 9.71 Å². The summed E-state index contributed by atoms with van der Waals surface area (Å²) >= 11 is 0. The molecule has 0 saturated heterocycles. The number of rotatable bonds is 9. The topological polar surface area (TPSA) is 99.6 Å². The van der Waals surface area contributed by atoms with Gasteiger partial charge in [0.15, 0.2) is 11.6 Å². The number of nitrogens with zero attached hydrogens (tertiary/aromatic N) is 2. The minimum Gasteiger partial charge on any atom is -0.478 e. The van der Waals surface area contributed by atoms with Gasteiger partial charge in [0.05, 0.1) is 16.8 Å². The van der Waals surface area contributed by atoms with Crippen LogP contribution in [-0.2, 0) is 10.0 Å². The Kier molecular flexibility index (Phi) is 6.90. The maximum absolute atomic E-state index is 13.3. The highest BCUT2D eigenvalue weighted by atomic mass is 32.2. The number of pyridine rings is 1. The number of carbonyl (C=O) groups is 1. The van der Waals surface area contributed by atoms with Gasteiger partial charge < -0.3 is 10.0 Å². The van der Waals surface area contributed by atoms with Crippen LogP contribution in [-0.4, -0.2) is 37.6 Å². The average molecular weight is 413 g/mol. The van der Waals surface area contributed by atoms with Crippen LogP contribution in [0.3, 0.4) is 0 Å². The van der Waals surface area contributed by atoms with Crippen molar-refractivity contribution >= 4 is 27.5 Å². The van der Waals surface area contributed by atoms with Crippen LogP contribution in [0, 0.1) is 11.6 Å². The number of benzene rings is 1. The fourth-order valence-electron chi connectivity index (χ4n) is 2.64. The number of anilines is 2. The van der Waals surface area contributed by atoms with E-state index in [1.54, 1.807) is 0 Å². The number of nitrogens with one attached hydrogen (secondary N) is 1. The number of carboxylic acids is 1. The molecule has 0 radical (unpaired) electrons. The second-order valence-corrected chi connectivity index (χ2v) is 7.75. The maximum atomic E-state index is 13.3. The van der Waals surface area contributed by atoms with E-state index in [-0.39, 0.29) is 17.1 Å². The predicted octanol–water partition coefficient (Wildman–Crippen LogP) is 3.49. The highest BCUT2D eigenvalue weighted by molar-refractivity contribution is 7.92. The Balaban J connectivity index is 2.40. The van der Waals surface area contributed by atoms with E-state index in [9.17, 15) is 27.1 Å². The van der Waals surface area contributed by atoms with Gasteiger partial charge in [0, 0.05) is 13.1 Å². The van der Waals surface area contributed by atoms with Gasteiger partial charge >= 0.3 is 5.97 Å². The molecule has 0 aliphatic carbocycles. The first-order valence-electron chi connectivity index (χ1n) is 8.65. The molecule has 2 aromatic rings. The second kappa shape index (κ2) is 8.96. The number of sulfonamides is 1. The largest absolute Gasteiger partial charge is 0.478 e. The third kappa shape index (κ3) is 4.94. The molecule has 10 heteroatoms. The van der Waals surface area contributed by atoms with Gasteiger partial charge in [-0.05, 0) is 37.1 Å². The van der Waals surface area contributed by atoms with E-state index in [0.29, 0.717) is 25.2 Å². The van der Waals surface area contributed by atoms with E-state index in [1.165, 1.54) is 6.20 Å². The second-order valence-electron chi connectivity index (χ2n) is 6.07. The van der Waals surface area contributed by atoms with E-state index in [1.807, 2.05) is 18.7 Å². The third-order valence-electron chi connectivity index (χ3n) is 3.84. The molecule has 0 aliphatic rings. The lowest BCUT2D eigenvalue weighted by atomic mass is 10.2. The fourth-order valence-corrected chi connectivity index (χ4v) is 3.69. The van der Waals surface area contributed by atoms with Gasteiger partial charge in [-0.15, -0.1) is 0 Å². The molecule has 152 valence electrons. The van der Waals surface area contributed by atoms with Gasteiger partial charge in [-0.25, -0.2) is 27.0 Å². The number of aromatic carboxylic acids is 1. The summed E-state index contributed by atoms with van der Waals surface area (Å²) in [6.45, 7) is 5.10. The normalized spacial score (nSPS) is 11.3. The summed E-state index contributed by atoms with van der Waals surface area (Å²) in [5.41, 5.74) is -0.258. The molecule has 0 unspecified atom stereocenters. The zero-order chi connectivity index (χ0) is 20.9. The molecule has 0 atom stereocenters. The molecule has 0 fully saturated rings. The summed E-state index contributed by atoms with van der Waals surface area (Å²) in [4.78, 5) is 17.1. The van der Waals surface area contributed by atoms with Crippen molar-refractivity contribution in [1.82, 2.24) is 4.98 Å². The van der Waals surface area contributed by atoms with Gasteiger partial charge in [0.2, 0.25) is 0 Å². The summed E-state index contributed by atoms with van der Waals surface area (Å²) in [7, 11) is -4.25. The standard InChI is InChI=1S/C18H21F2N3O4S/c1-3-7-23(8-4-2)17-14(18(24)25)9-12(11-21-17)22-28(26,27)13-5-6-15(19)16(20)10-13/h5-6,9-11,22H,3-4,7-8H2,1-2H3,(H,24,25). The lowest BCUT2D eigenvalue weighted by Crippen LogP contribution is -2.28. The highest BCUT2D eigenvalue weighted by Gasteiger charge is 2.21. The molecule has 7 nitrogen and oxygen atoms in total. The van der Waals surface area contributed by atoms with E-state index in [4.69, 9.17) is 0 Å². The van der Waals surface area contributed by atoms with Crippen LogP contribution in [0.25, 0.3) is 0 Å². The predicted molar refractivity (Wildman–Crippen MR) is 101 cm³/mol. The number of hydrogen-bond donors (Lipinski definition) is 2. The van der Waals surface area contributed by atoms with Crippen LogP contribution in [0.4, 0.5) is 20.3 Å². The van der Waals surface area contributed by atoms with Crippen LogP contribution < -0.4 is 9.62 Å². The Morgan fingerprint density at radius 2 is 1.79 bits per heavy atom. The molecule has 1 heterocycles. The van der Waals surface area contributed by atoms with Crippen molar-refractivity contribution in [3.05, 3.63) is 47.7 Å². The molecule has 0 spiro atoms. The molecular formula is C18H21F2N3O4S. The Labute approximate surface area is 162 Å². The molecule has 0 amide bonds. The molecule has 0 bridgehead atoms. The molecule has 28 heavy (non-hydrogen) atoms. The summed E-state index contributed by atoms with van der Waals surface area (Å²) in [6, 6.07) is 3.30. The SMILES string of the molecule is CCCN(CCC)c1ncc(NS(=O)(=O)c2ccc(F)c(F)c2)cc1C(=O)O. The molecule has 1 aromatic carbocycles. The zero-order valence-corrected chi connectivity index (χ0v) is 16.3. The monoisotopic (exact) mass is 413 g/mol. The Morgan fingerprint density at radius 1 is 1.14 bits per heavy atom. The molecule has 2 rings (SSSR count). The quantitative estimate of drug-likeness (QED) is 0.653. The van der Waals surface area contributed by atoms with Crippen LogP contribution >= 0.6 is 0 Å². The van der Waals surface area contributed by atoms with Crippen LogP contribution in [0.2, 0.25) is 0 Å². The van der Waals surface area contributed by atoms with Gasteiger partial charge in [-0.3, -0.25) is 4.72 Å². The Bertz CT molecular complexity index is 961. The minimum atomic E-state index is -4.25. The first-order valence-corrected chi connectivity index (χ1v) is 10.1. The van der Waals surface area contributed by atoms with Gasteiger partial charge in [0.1, 0.15) is 11.4 Å². The number of aromatic nitrogens is 1. The molecular weight excluding hydrogens is 392 g/mol. The van der Waals surface area contributed by atoms with Crippen LogP contribution in [0.1, 0.15) is 37.0 Å². The van der Waals surface area contributed by atoms with E-state index >= 15 is 0 Å². The van der Waals surface area contributed by atoms with Crippen molar-refractivity contribution < 1.29 is 27.1 Å². The molecule has 0 saturated carbocycles. The summed E-state index contributed by atoms with van der Waals surface area (Å²) in [5, 5.41) is 9.52. The van der Waals surface area contributed by atoms with E-state index < -0.39 is 32.5 Å². The van der Waals surface area contributed by atoms with Crippen molar-refractivity contribution in [1.29, 1.82) is 0 Å². The third-order valence-corrected chi connectivity index (χ3v) is 5.22. The summed E-state index contributed by atoms with van der Waals surface area (Å²) in [6.07, 6.45) is 2.76. The zero-order valence-electron chi connectivity index (χ0n) is 15.4. The van der Waals surface area contributed by atoms with Crippen LogP contribution in [0.15, 0.2) is 35.4 Å². The molecule has 1 aromatic heterocycles. The molecule has 2 N–H and O–H groups in total. The van der Waals surface area contributed by atoms with Crippen molar-refractivity contribution in [3.8, 4) is 0 Å². The van der Waals surface area contributed by atoms with Gasteiger partial charge in [0.25, 0.3) is 10.0 Å². The molecule has 0 aliphatic heterocycles. The lowest BCUT2D eigenvalue weighted by Gasteiger charge is -2.24. The van der Waals surface area contributed by atoms with Crippen molar-refractivity contribution in [2.24, 2.45) is 0 Å². The summed E-state index contributed by atoms with van der Waals surface area (Å²) < 4.78 is 53.3. The van der Waals surface area contributed by atoms with E-state index in [0.717, 1.165) is 25.0 Å². The van der Waals surface area contributed by atoms with Crippen molar-refractivity contribution in [2.75, 3.05) is 22.7 Å². The number of halogens is 2. The van der Waals surface area contributed by atoms with Gasteiger partial charge in [-0.1, -0.05) is 13.8 Å². The average Bonchev–Trinajstić information content (AvgIpc) is 2.63. The first kappa shape index (κ1) is 21.5. The van der Waals surface area contributed by atoms with Crippen molar-refractivity contribution in [3.63, 3.8) is 0 Å². The summed E-state index contributed by atoms with van der Waals surface area (Å²) in [5.74, 6) is -3.50. The van der Waals surface area contributed by atoms with Gasteiger partial charge in [-0.2, -0.15) is 0 Å². The first-order chi connectivity index (χ1) is 13.2.